The number of benzene rings is 1. The Morgan fingerprint density at radius 2 is 1.57 bits per heavy atom. The number of halogens is 6. The smallest absolute Gasteiger partial charge is 0.282 e. The maximum atomic E-state index is 12.8. The number of aromatic nitrogens is 2. The first kappa shape index (κ1) is 15.7. The molecule has 0 saturated carbocycles. The SMILES string of the molecule is Cc1[nH]nc(C(F)(F)F)c1-c1ccc(SC(F)(F)F)cc1. The fraction of sp³-hybridized carbons (Fsp3) is 0.250. The molecule has 1 aromatic carbocycles. The van der Waals surface area contributed by atoms with Gasteiger partial charge in [0.05, 0.1) is 0 Å². The third kappa shape index (κ3) is 3.72. The molecule has 0 spiro atoms. The fourth-order valence-electron chi connectivity index (χ4n) is 1.81. The molecule has 0 unspecified atom stereocenters. The number of aromatic amines is 1. The normalized spacial score (nSPS) is 12.7. The van der Waals surface area contributed by atoms with E-state index in [2.05, 4.69) is 10.2 Å². The molecular formula is C12H8F6N2S. The molecule has 0 amide bonds. The summed E-state index contributed by atoms with van der Waals surface area (Å²) in [4.78, 5) is -0.0963. The Bertz CT molecular complexity index is 627. The van der Waals surface area contributed by atoms with Gasteiger partial charge in [-0.2, -0.15) is 31.4 Å². The van der Waals surface area contributed by atoms with Crippen molar-refractivity contribution in [3.63, 3.8) is 0 Å². The van der Waals surface area contributed by atoms with Crippen LogP contribution in [0.5, 0.6) is 0 Å². The molecule has 114 valence electrons. The van der Waals surface area contributed by atoms with E-state index >= 15 is 0 Å². The van der Waals surface area contributed by atoms with Gasteiger partial charge in [0.25, 0.3) is 0 Å². The van der Waals surface area contributed by atoms with Gasteiger partial charge in [0.1, 0.15) is 0 Å². The molecule has 9 heteroatoms. The largest absolute Gasteiger partial charge is 0.446 e. The van der Waals surface area contributed by atoms with Gasteiger partial charge in [-0.15, -0.1) is 0 Å². The van der Waals surface area contributed by atoms with Crippen molar-refractivity contribution >= 4 is 11.8 Å². The zero-order valence-electron chi connectivity index (χ0n) is 10.4. The van der Waals surface area contributed by atoms with E-state index < -0.39 is 17.4 Å². The first-order valence-corrected chi connectivity index (χ1v) is 6.38. The Hall–Kier alpha value is -1.64. The van der Waals surface area contributed by atoms with Crippen molar-refractivity contribution in [1.82, 2.24) is 10.2 Å². The van der Waals surface area contributed by atoms with E-state index in [1.807, 2.05) is 0 Å². The molecule has 0 saturated heterocycles. The van der Waals surface area contributed by atoms with Crippen LogP contribution >= 0.6 is 11.8 Å². The Kier molecular flexibility index (Phi) is 3.96. The van der Waals surface area contributed by atoms with Crippen LogP contribution in [0.15, 0.2) is 29.2 Å². The average Bonchev–Trinajstić information content (AvgIpc) is 2.70. The van der Waals surface area contributed by atoms with Crippen molar-refractivity contribution < 1.29 is 26.3 Å². The van der Waals surface area contributed by atoms with E-state index in [1.54, 1.807) is 0 Å². The minimum absolute atomic E-state index is 0.0963. The summed E-state index contributed by atoms with van der Waals surface area (Å²) in [7, 11) is 0. The highest BCUT2D eigenvalue weighted by Gasteiger charge is 2.37. The van der Waals surface area contributed by atoms with Gasteiger partial charge >= 0.3 is 11.7 Å². The molecule has 2 rings (SSSR count). The van der Waals surface area contributed by atoms with Gasteiger partial charge < -0.3 is 0 Å². The molecule has 0 bridgehead atoms. The summed E-state index contributed by atoms with van der Waals surface area (Å²) >= 11 is -0.325. The average molecular weight is 326 g/mol. The van der Waals surface area contributed by atoms with E-state index in [0.717, 1.165) is 12.1 Å². The lowest BCUT2D eigenvalue weighted by atomic mass is 10.0. The van der Waals surface area contributed by atoms with Gasteiger partial charge in [0.2, 0.25) is 0 Å². The summed E-state index contributed by atoms with van der Waals surface area (Å²) in [5.41, 5.74) is -5.34. The lowest BCUT2D eigenvalue weighted by Crippen LogP contribution is -2.07. The van der Waals surface area contributed by atoms with Crippen molar-refractivity contribution in [3.8, 4) is 11.1 Å². The molecule has 21 heavy (non-hydrogen) atoms. The van der Waals surface area contributed by atoms with Crippen molar-refractivity contribution in [2.45, 2.75) is 23.5 Å². The molecule has 2 nitrogen and oxygen atoms in total. The molecule has 0 fully saturated rings. The minimum Gasteiger partial charge on any atom is -0.282 e. The lowest BCUT2D eigenvalue weighted by Gasteiger charge is -2.09. The zero-order valence-corrected chi connectivity index (χ0v) is 11.2. The third-order valence-corrected chi connectivity index (χ3v) is 3.33. The van der Waals surface area contributed by atoms with Crippen molar-refractivity contribution in [3.05, 3.63) is 35.7 Å². The second-order valence-electron chi connectivity index (χ2n) is 4.14. The van der Waals surface area contributed by atoms with Crippen molar-refractivity contribution in [2.24, 2.45) is 0 Å². The van der Waals surface area contributed by atoms with E-state index in [0.29, 0.717) is 0 Å². The number of alkyl halides is 6. The van der Waals surface area contributed by atoms with Gasteiger partial charge in [0.15, 0.2) is 5.69 Å². The predicted octanol–water partition coefficient (Wildman–Crippen LogP) is 5.02. The predicted molar refractivity (Wildman–Crippen MR) is 65.7 cm³/mol. The highest BCUT2D eigenvalue weighted by Crippen LogP contribution is 2.40. The summed E-state index contributed by atoms with van der Waals surface area (Å²) < 4.78 is 75.0. The maximum Gasteiger partial charge on any atom is 0.446 e. The number of nitrogens with zero attached hydrogens (tertiary/aromatic N) is 1. The molecule has 0 aliphatic heterocycles. The van der Waals surface area contributed by atoms with Gasteiger partial charge in [-0.1, -0.05) is 12.1 Å². The van der Waals surface area contributed by atoms with E-state index in [9.17, 15) is 26.3 Å². The van der Waals surface area contributed by atoms with Gasteiger partial charge in [0, 0.05) is 16.2 Å². The number of rotatable bonds is 2. The topological polar surface area (TPSA) is 28.7 Å². The van der Waals surface area contributed by atoms with Crippen LogP contribution in [0.4, 0.5) is 26.3 Å². The summed E-state index contributed by atoms with van der Waals surface area (Å²) in [5.74, 6) is 0. The Labute approximate surface area is 119 Å². The van der Waals surface area contributed by atoms with Crippen LogP contribution in [0.3, 0.4) is 0 Å². The van der Waals surface area contributed by atoms with Gasteiger partial charge in [-0.25, -0.2) is 0 Å². The van der Waals surface area contributed by atoms with Crippen LogP contribution in [-0.4, -0.2) is 15.7 Å². The van der Waals surface area contributed by atoms with Crippen molar-refractivity contribution in [2.75, 3.05) is 0 Å². The third-order valence-electron chi connectivity index (χ3n) is 2.59. The summed E-state index contributed by atoms with van der Waals surface area (Å²) in [5, 5.41) is 5.45. The van der Waals surface area contributed by atoms with Crippen LogP contribution in [-0.2, 0) is 6.18 Å². The van der Waals surface area contributed by atoms with Crippen molar-refractivity contribution in [1.29, 1.82) is 0 Å². The van der Waals surface area contributed by atoms with Gasteiger partial charge in [-0.3, -0.25) is 5.10 Å². The molecule has 1 aromatic heterocycles. The molecule has 0 atom stereocenters. The Morgan fingerprint density at radius 3 is 2.05 bits per heavy atom. The number of hydrogen-bond donors (Lipinski definition) is 1. The van der Waals surface area contributed by atoms with E-state index in [1.165, 1.54) is 19.1 Å². The second kappa shape index (κ2) is 5.28. The molecule has 1 heterocycles. The molecule has 0 radical (unpaired) electrons. The molecule has 2 aromatic rings. The standard InChI is InChI=1S/C12H8F6N2S/c1-6-9(10(20-19-6)11(13,14)15)7-2-4-8(5-3-7)21-12(16,17)18/h2-5H,1H3,(H,19,20). The highest BCUT2D eigenvalue weighted by atomic mass is 32.2. The number of hydrogen-bond acceptors (Lipinski definition) is 2. The van der Waals surface area contributed by atoms with E-state index in [-0.39, 0.29) is 33.5 Å². The first-order valence-electron chi connectivity index (χ1n) is 5.56. The summed E-state index contributed by atoms with van der Waals surface area (Å²) in [6, 6.07) is 4.67. The monoisotopic (exact) mass is 326 g/mol. The molecule has 1 N–H and O–H groups in total. The van der Waals surface area contributed by atoms with E-state index in [4.69, 9.17) is 0 Å². The Morgan fingerprint density at radius 1 is 1.00 bits per heavy atom. The van der Waals surface area contributed by atoms with Crippen LogP contribution in [0.1, 0.15) is 11.4 Å². The van der Waals surface area contributed by atoms with Crippen LogP contribution in [0.25, 0.3) is 11.1 Å². The number of aryl methyl sites for hydroxylation is 1. The first-order chi connectivity index (χ1) is 9.58. The zero-order chi connectivity index (χ0) is 15.8. The molecule has 0 aliphatic rings. The number of H-pyrrole nitrogens is 1. The fourth-order valence-corrected chi connectivity index (χ4v) is 2.35. The second-order valence-corrected chi connectivity index (χ2v) is 5.28. The van der Waals surface area contributed by atoms with Crippen LogP contribution in [0.2, 0.25) is 0 Å². The molecule has 0 aliphatic carbocycles. The Balaban J connectivity index is 2.38. The molecular weight excluding hydrogens is 318 g/mol. The minimum atomic E-state index is -4.64. The quantitative estimate of drug-likeness (QED) is 0.620. The summed E-state index contributed by atoms with van der Waals surface area (Å²) in [6.07, 6.45) is -4.64. The number of nitrogens with one attached hydrogen (secondary N) is 1. The maximum absolute atomic E-state index is 12.8. The summed E-state index contributed by atoms with van der Waals surface area (Å²) in [6.45, 7) is 1.41. The van der Waals surface area contributed by atoms with Gasteiger partial charge in [-0.05, 0) is 36.4 Å². The number of thioether (sulfide) groups is 1. The van der Waals surface area contributed by atoms with Crippen LogP contribution < -0.4 is 0 Å². The highest BCUT2D eigenvalue weighted by molar-refractivity contribution is 8.00. The lowest BCUT2D eigenvalue weighted by molar-refractivity contribution is -0.140. The van der Waals surface area contributed by atoms with Crippen LogP contribution in [0, 0.1) is 6.92 Å².